The zero-order chi connectivity index (χ0) is 24.2. The minimum absolute atomic E-state index is 0.0372. The van der Waals surface area contributed by atoms with Crippen LogP contribution in [0.5, 0.6) is 0 Å². The normalized spacial score (nSPS) is 14.5. The number of ether oxygens (including phenoxy) is 1. The number of carbonyl (C=O) groups is 1. The standard InChI is InChI=1S/C26H30N6O3/c1-2-3-4-24(33)30-26-28-22-8-6-19(16-23(22)29-26)18-5-7-21-20(15-18)25(34)32(17-27-21)10-9-31-11-13-35-14-12-31/h5-8,15-17H,2-4,9-14H2,1H3,(H2,28,29,30,33). The fourth-order valence-corrected chi connectivity index (χ4v) is 4.35. The zero-order valence-corrected chi connectivity index (χ0v) is 19.9. The van der Waals surface area contributed by atoms with E-state index in [2.05, 4.69) is 32.1 Å². The molecule has 1 aliphatic heterocycles. The number of H-pyrrole nitrogens is 1. The lowest BCUT2D eigenvalue weighted by molar-refractivity contribution is -0.116. The molecule has 9 nitrogen and oxygen atoms in total. The molecule has 4 aromatic rings. The van der Waals surface area contributed by atoms with Crippen molar-refractivity contribution in [1.82, 2.24) is 24.4 Å². The minimum Gasteiger partial charge on any atom is -0.379 e. The molecule has 1 saturated heterocycles. The fraction of sp³-hybridized carbons (Fsp3) is 0.385. The first-order valence-electron chi connectivity index (χ1n) is 12.2. The number of hydrogen-bond donors (Lipinski definition) is 2. The van der Waals surface area contributed by atoms with Crippen molar-refractivity contribution in [3.8, 4) is 11.1 Å². The number of fused-ring (bicyclic) bond motifs is 2. The molecule has 182 valence electrons. The third-order valence-corrected chi connectivity index (χ3v) is 6.42. The Hall–Kier alpha value is -3.56. The molecule has 3 heterocycles. The van der Waals surface area contributed by atoms with Crippen molar-refractivity contribution in [3.63, 3.8) is 0 Å². The summed E-state index contributed by atoms with van der Waals surface area (Å²) in [4.78, 5) is 39.7. The summed E-state index contributed by atoms with van der Waals surface area (Å²) in [5.74, 6) is 0.405. The summed E-state index contributed by atoms with van der Waals surface area (Å²) in [5.41, 5.74) is 4.11. The van der Waals surface area contributed by atoms with E-state index in [-0.39, 0.29) is 11.5 Å². The maximum absolute atomic E-state index is 13.2. The molecule has 1 amide bonds. The van der Waals surface area contributed by atoms with Crippen molar-refractivity contribution in [2.24, 2.45) is 0 Å². The number of amides is 1. The van der Waals surface area contributed by atoms with Gasteiger partial charge in [-0.3, -0.25) is 24.4 Å². The predicted octanol–water partition coefficient (Wildman–Crippen LogP) is 3.40. The van der Waals surface area contributed by atoms with Gasteiger partial charge in [-0.15, -0.1) is 0 Å². The smallest absolute Gasteiger partial charge is 0.261 e. The predicted molar refractivity (Wildman–Crippen MR) is 137 cm³/mol. The molecule has 2 N–H and O–H groups in total. The molecule has 0 atom stereocenters. The van der Waals surface area contributed by atoms with Crippen molar-refractivity contribution in [3.05, 3.63) is 53.1 Å². The number of morpholine rings is 1. The van der Waals surface area contributed by atoms with E-state index in [1.54, 1.807) is 10.9 Å². The summed E-state index contributed by atoms with van der Waals surface area (Å²) < 4.78 is 7.09. The highest BCUT2D eigenvalue weighted by Crippen LogP contribution is 2.26. The molecule has 1 fully saturated rings. The topological polar surface area (TPSA) is 105 Å². The SMILES string of the molecule is CCCCC(=O)Nc1nc2ccc(-c3ccc4ncn(CCN5CCOCC5)c(=O)c4c3)cc2[nH]1. The van der Waals surface area contributed by atoms with E-state index < -0.39 is 0 Å². The second kappa shape index (κ2) is 10.4. The molecule has 1 aliphatic rings. The third kappa shape index (κ3) is 5.26. The van der Waals surface area contributed by atoms with Gasteiger partial charge in [0.1, 0.15) is 0 Å². The van der Waals surface area contributed by atoms with Crippen LogP contribution in [0.1, 0.15) is 26.2 Å². The third-order valence-electron chi connectivity index (χ3n) is 6.42. The molecular formula is C26H30N6O3. The van der Waals surface area contributed by atoms with E-state index in [9.17, 15) is 9.59 Å². The Morgan fingerprint density at radius 2 is 1.86 bits per heavy atom. The van der Waals surface area contributed by atoms with Crippen molar-refractivity contribution in [2.75, 3.05) is 38.2 Å². The number of aromatic amines is 1. The number of imidazole rings is 1. The van der Waals surface area contributed by atoms with Gasteiger partial charge < -0.3 is 9.72 Å². The second-order valence-corrected chi connectivity index (χ2v) is 8.90. The van der Waals surface area contributed by atoms with Gasteiger partial charge in [-0.25, -0.2) is 9.97 Å². The first kappa shape index (κ1) is 23.2. The molecule has 35 heavy (non-hydrogen) atoms. The Kier molecular flexibility index (Phi) is 6.87. The van der Waals surface area contributed by atoms with Gasteiger partial charge in [0.15, 0.2) is 0 Å². The van der Waals surface area contributed by atoms with Crippen LogP contribution in [0.25, 0.3) is 33.1 Å². The molecule has 0 bridgehead atoms. The summed E-state index contributed by atoms with van der Waals surface area (Å²) in [6.45, 7) is 6.70. The minimum atomic E-state index is -0.0435. The lowest BCUT2D eigenvalue weighted by Gasteiger charge is -2.26. The lowest BCUT2D eigenvalue weighted by atomic mass is 10.0. The average Bonchev–Trinajstić information content (AvgIpc) is 3.29. The van der Waals surface area contributed by atoms with Gasteiger partial charge in [0, 0.05) is 32.6 Å². The van der Waals surface area contributed by atoms with E-state index in [0.717, 1.165) is 67.8 Å². The summed E-state index contributed by atoms with van der Waals surface area (Å²) in [6, 6.07) is 11.6. The van der Waals surface area contributed by atoms with Crippen LogP contribution in [0.2, 0.25) is 0 Å². The number of rotatable bonds is 8. The van der Waals surface area contributed by atoms with Crippen LogP contribution in [0.15, 0.2) is 47.5 Å². The van der Waals surface area contributed by atoms with Gasteiger partial charge in [-0.1, -0.05) is 25.5 Å². The van der Waals surface area contributed by atoms with E-state index in [0.29, 0.717) is 29.8 Å². The monoisotopic (exact) mass is 474 g/mol. The number of aromatic nitrogens is 4. The highest BCUT2D eigenvalue weighted by molar-refractivity contribution is 5.92. The first-order chi connectivity index (χ1) is 17.1. The van der Waals surface area contributed by atoms with Crippen molar-refractivity contribution in [1.29, 1.82) is 0 Å². The van der Waals surface area contributed by atoms with Crippen LogP contribution in [0.3, 0.4) is 0 Å². The fourth-order valence-electron chi connectivity index (χ4n) is 4.35. The van der Waals surface area contributed by atoms with Crippen LogP contribution < -0.4 is 10.9 Å². The van der Waals surface area contributed by atoms with Gasteiger partial charge in [0.2, 0.25) is 11.9 Å². The van der Waals surface area contributed by atoms with Gasteiger partial charge in [-0.2, -0.15) is 0 Å². The molecular weight excluding hydrogens is 444 g/mol. The van der Waals surface area contributed by atoms with Crippen molar-refractivity contribution >= 4 is 33.8 Å². The molecule has 0 radical (unpaired) electrons. The Labute approximate surface area is 203 Å². The van der Waals surface area contributed by atoms with Gasteiger partial charge >= 0.3 is 0 Å². The lowest BCUT2D eigenvalue weighted by Crippen LogP contribution is -2.39. The second-order valence-electron chi connectivity index (χ2n) is 8.90. The number of unbranched alkanes of at least 4 members (excludes halogenated alkanes) is 1. The van der Waals surface area contributed by atoms with Gasteiger partial charge in [-0.05, 0) is 41.8 Å². The molecule has 5 rings (SSSR count). The highest BCUT2D eigenvalue weighted by atomic mass is 16.5. The van der Waals surface area contributed by atoms with E-state index in [1.165, 1.54) is 0 Å². The number of benzene rings is 2. The number of carbonyl (C=O) groups excluding carboxylic acids is 1. The highest BCUT2D eigenvalue weighted by Gasteiger charge is 2.13. The molecule has 2 aromatic heterocycles. The quantitative estimate of drug-likeness (QED) is 0.406. The van der Waals surface area contributed by atoms with Gasteiger partial charge in [0.25, 0.3) is 5.56 Å². The average molecular weight is 475 g/mol. The molecule has 0 saturated carbocycles. The van der Waals surface area contributed by atoms with E-state index in [4.69, 9.17) is 4.74 Å². The van der Waals surface area contributed by atoms with Crippen LogP contribution >= 0.6 is 0 Å². The first-order valence-corrected chi connectivity index (χ1v) is 12.2. The maximum Gasteiger partial charge on any atom is 0.261 e. The van der Waals surface area contributed by atoms with Gasteiger partial charge in [0.05, 0.1) is 41.5 Å². The van der Waals surface area contributed by atoms with Crippen LogP contribution in [0.4, 0.5) is 5.95 Å². The molecule has 0 unspecified atom stereocenters. The molecule has 2 aromatic carbocycles. The number of hydrogen-bond acceptors (Lipinski definition) is 6. The summed E-state index contributed by atoms with van der Waals surface area (Å²) in [5, 5.41) is 3.43. The number of anilines is 1. The Bertz CT molecular complexity index is 1400. The van der Waals surface area contributed by atoms with Crippen molar-refractivity contribution in [2.45, 2.75) is 32.7 Å². The Morgan fingerprint density at radius 3 is 2.66 bits per heavy atom. The van der Waals surface area contributed by atoms with E-state index >= 15 is 0 Å². The molecule has 0 spiro atoms. The van der Waals surface area contributed by atoms with Crippen LogP contribution in [-0.2, 0) is 16.1 Å². The largest absolute Gasteiger partial charge is 0.379 e. The number of nitrogens with zero attached hydrogens (tertiary/aromatic N) is 4. The zero-order valence-electron chi connectivity index (χ0n) is 19.9. The van der Waals surface area contributed by atoms with Crippen molar-refractivity contribution < 1.29 is 9.53 Å². The molecule has 9 heteroatoms. The number of nitrogens with one attached hydrogen (secondary N) is 2. The Morgan fingerprint density at radius 1 is 1.09 bits per heavy atom. The summed E-state index contributed by atoms with van der Waals surface area (Å²) >= 11 is 0. The Balaban J connectivity index is 1.38. The van der Waals surface area contributed by atoms with Crippen LogP contribution in [-0.4, -0.2) is 63.2 Å². The van der Waals surface area contributed by atoms with E-state index in [1.807, 2.05) is 36.4 Å². The summed E-state index contributed by atoms with van der Waals surface area (Å²) in [7, 11) is 0. The molecule has 0 aliphatic carbocycles. The maximum atomic E-state index is 13.2. The summed E-state index contributed by atoms with van der Waals surface area (Å²) in [6.07, 6.45) is 3.94. The van der Waals surface area contributed by atoms with Crippen LogP contribution in [0, 0.1) is 0 Å².